The average molecular weight is 357 g/mol. The third-order valence-electron chi connectivity index (χ3n) is 3.92. The number of benzene rings is 1. The van der Waals surface area contributed by atoms with Crippen LogP contribution in [0.4, 0.5) is 0 Å². The number of nitrogens with one attached hydrogen (secondary N) is 1. The van der Waals surface area contributed by atoms with Crippen LogP contribution < -0.4 is 14.8 Å². The first kappa shape index (κ1) is 19.3. The summed E-state index contributed by atoms with van der Waals surface area (Å²) in [7, 11) is 0. The highest BCUT2D eigenvalue weighted by atomic mass is 35.5. The maximum absolute atomic E-state index is 6.34. The Morgan fingerprint density at radius 2 is 1.92 bits per heavy atom. The molecule has 0 spiro atoms. The predicted octanol–water partition coefficient (Wildman–Crippen LogP) is 2.95. The van der Waals surface area contributed by atoms with Crippen LogP contribution in [0.15, 0.2) is 12.1 Å². The Morgan fingerprint density at radius 3 is 2.62 bits per heavy atom. The van der Waals surface area contributed by atoms with Gasteiger partial charge < -0.3 is 19.5 Å². The standard InChI is InChI=1S/C18H29ClN2O3/c1-3-23-17-13-15(12-16(19)18(17)24-4-2)14-20-6-5-7-21-8-10-22-11-9-21/h12-13,20H,3-11,14H2,1-2H3. The van der Waals surface area contributed by atoms with Crippen molar-refractivity contribution in [2.24, 2.45) is 0 Å². The van der Waals surface area contributed by atoms with E-state index in [4.69, 9.17) is 25.8 Å². The summed E-state index contributed by atoms with van der Waals surface area (Å²) in [6.07, 6.45) is 1.13. The van der Waals surface area contributed by atoms with Gasteiger partial charge in [-0.15, -0.1) is 0 Å². The van der Waals surface area contributed by atoms with Crippen LogP contribution in [0.3, 0.4) is 0 Å². The molecule has 0 saturated carbocycles. The molecule has 2 rings (SSSR count). The van der Waals surface area contributed by atoms with Gasteiger partial charge >= 0.3 is 0 Å². The van der Waals surface area contributed by atoms with E-state index in [-0.39, 0.29) is 0 Å². The molecule has 0 aromatic heterocycles. The molecule has 24 heavy (non-hydrogen) atoms. The second kappa shape index (κ2) is 10.8. The normalized spacial score (nSPS) is 15.5. The zero-order valence-corrected chi connectivity index (χ0v) is 15.5. The fourth-order valence-corrected chi connectivity index (χ4v) is 3.04. The molecule has 1 aliphatic heterocycles. The Labute approximate surface area is 150 Å². The third-order valence-corrected chi connectivity index (χ3v) is 4.20. The lowest BCUT2D eigenvalue weighted by Gasteiger charge is -2.26. The first-order valence-corrected chi connectivity index (χ1v) is 9.21. The minimum atomic E-state index is 0.568. The van der Waals surface area contributed by atoms with Crippen molar-refractivity contribution >= 4 is 11.6 Å². The van der Waals surface area contributed by atoms with Gasteiger partial charge in [0.25, 0.3) is 0 Å². The van der Waals surface area contributed by atoms with E-state index in [0.29, 0.717) is 24.0 Å². The molecular formula is C18H29ClN2O3. The molecule has 1 saturated heterocycles. The van der Waals surface area contributed by atoms with Crippen LogP contribution in [-0.4, -0.2) is 57.5 Å². The summed E-state index contributed by atoms with van der Waals surface area (Å²) >= 11 is 6.34. The number of ether oxygens (including phenoxy) is 3. The number of hydrogen-bond acceptors (Lipinski definition) is 5. The van der Waals surface area contributed by atoms with Crippen LogP contribution in [0.2, 0.25) is 5.02 Å². The molecule has 0 aliphatic carbocycles. The van der Waals surface area contributed by atoms with Crippen molar-refractivity contribution < 1.29 is 14.2 Å². The largest absolute Gasteiger partial charge is 0.490 e. The molecule has 0 unspecified atom stereocenters. The highest BCUT2D eigenvalue weighted by molar-refractivity contribution is 6.32. The number of morpholine rings is 1. The number of halogens is 1. The molecule has 1 N–H and O–H groups in total. The molecule has 0 radical (unpaired) electrons. The van der Waals surface area contributed by atoms with Crippen LogP contribution in [0, 0.1) is 0 Å². The van der Waals surface area contributed by atoms with E-state index in [1.807, 2.05) is 26.0 Å². The van der Waals surface area contributed by atoms with E-state index in [1.165, 1.54) is 0 Å². The summed E-state index contributed by atoms with van der Waals surface area (Å²) in [5.41, 5.74) is 1.11. The highest BCUT2D eigenvalue weighted by Gasteiger charge is 2.12. The topological polar surface area (TPSA) is 43.0 Å². The fraction of sp³-hybridized carbons (Fsp3) is 0.667. The van der Waals surface area contributed by atoms with Crippen LogP contribution in [-0.2, 0) is 11.3 Å². The summed E-state index contributed by atoms with van der Waals surface area (Å²) < 4.78 is 16.6. The molecule has 0 amide bonds. The van der Waals surface area contributed by atoms with Crippen molar-refractivity contribution in [1.29, 1.82) is 0 Å². The highest BCUT2D eigenvalue weighted by Crippen LogP contribution is 2.36. The van der Waals surface area contributed by atoms with Gasteiger partial charge in [-0.05, 0) is 51.1 Å². The van der Waals surface area contributed by atoms with Gasteiger partial charge in [-0.1, -0.05) is 11.6 Å². The monoisotopic (exact) mass is 356 g/mol. The molecule has 6 heteroatoms. The molecule has 5 nitrogen and oxygen atoms in total. The molecule has 1 aromatic carbocycles. The van der Waals surface area contributed by atoms with Crippen molar-refractivity contribution in [2.75, 3.05) is 52.6 Å². The van der Waals surface area contributed by atoms with Gasteiger partial charge in [0.05, 0.1) is 31.5 Å². The third kappa shape index (κ3) is 6.13. The second-order valence-electron chi connectivity index (χ2n) is 5.76. The maximum atomic E-state index is 6.34. The van der Waals surface area contributed by atoms with Gasteiger partial charge in [0, 0.05) is 19.6 Å². The molecule has 1 heterocycles. The fourth-order valence-electron chi connectivity index (χ4n) is 2.76. The van der Waals surface area contributed by atoms with Crippen LogP contribution in [0.5, 0.6) is 11.5 Å². The van der Waals surface area contributed by atoms with E-state index in [2.05, 4.69) is 10.2 Å². The Kier molecular flexibility index (Phi) is 8.67. The van der Waals surface area contributed by atoms with Gasteiger partial charge in [-0.3, -0.25) is 4.90 Å². The van der Waals surface area contributed by atoms with Crippen molar-refractivity contribution in [3.8, 4) is 11.5 Å². The van der Waals surface area contributed by atoms with Gasteiger partial charge in [0.1, 0.15) is 0 Å². The summed E-state index contributed by atoms with van der Waals surface area (Å²) in [6, 6.07) is 3.96. The van der Waals surface area contributed by atoms with E-state index in [1.54, 1.807) is 0 Å². The minimum Gasteiger partial charge on any atom is -0.490 e. The van der Waals surface area contributed by atoms with Gasteiger partial charge in [-0.25, -0.2) is 0 Å². The van der Waals surface area contributed by atoms with Crippen LogP contribution in [0.25, 0.3) is 0 Å². The maximum Gasteiger partial charge on any atom is 0.179 e. The molecule has 0 bridgehead atoms. The lowest BCUT2D eigenvalue weighted by atomic mass is 10.2. The Morgan fingerprint density at radius 1 is 1.17 bits per heavy atom. The zero-order valence-electron chi connectivity index (χ0n) is 14.8. The Balaban J connectivity index is 1.78. The molecule has 136 valence electrons. The number of rotatable bonds is 10. The van der Waals surface area contributed by atoms with E-state index in [0.717, 1.165) is 63.7 Å². The molecule has 1 aromatic rings. The number of nitrogens with zero attached hydrogens (tertiary/aromatic N) is 1. The van der Waals surface area contributed by atoms with Crippen LogP contribution >= 0.6 is 11.6 Å². The van der Waals surface area contributed by atoms with Crippen molar-refractivity contribution in [1.82, 2.24) is 10.2 Å². The smallest absolute Gasteiger partial charge is 0.179 e. The van der Waals surface area contributed by atoms with E-state index >= 15 is 0 Å². The molecule has 1 aliphatic rings. The molecule has 1 fully saturated rings. The van der Waals surface area contributed by atoms with Crippen LogP contribution in [0.1, 0.15) is 25.8 Å². The average Bonchev–Trinajstić information content (AvgIpc) is 2.59. The minimum absolute atomic E-state index is 0.568. The van der Waals surface area contributed by atoms with Gasteiger partial charge in [0.15, 0.2) is 11.5 Å². The summed E-state index contributed by atoms with van der Waals surface area (Å²) in [5.74, 6) is 1.36. The zero-order chi connectivity index (χ0) is 17.2. The lowest BCUT2D eigenvalue weighted by Crippen LogP contribution is -2.37. The van der Waals surface area contributed by atoms with Gasteiger partial charge in [0.2, 0.25) is 0 Å². The summed E-state index contributed by atoms with van der Waals surface area (Å²) in [6.45, 7) is 11.7. The lowest BCUT2D eigenvalue weighted by molar-refractivity contribution is 0.0374. The first-order valence-electron chi connectivity index (χ1n) is 8.83. The van der Waals surface area contributed by atoms with Crippen molar-refractivity contribution in [3.63, 3.8) is 0 Å². The first-order chi connectivity index (χ1) is 11.7. The number of hydrogen-bond donors (Lipinski definition) is 1. The summed E-state index contributed by atoms with van der Waals surface area (Å²) in [5, 5.41) is 4.08. The quantitative estimate of drug-likeness (QED) is 0.653. The molecule has 0 atom stereocenters. The van der Waals surface area contributed by atoms with Crippen molar-refractivity contribution in [3.05, 3.63) is 22.7 Å². The van der Waals surface area contributed by atoms with Crippen molar-refractivity contribution in [2.45, 2.75) is 26.8 Å². The van der Waals surface area contributed by atoms with E-state index < -0.39 is 0 Å². The van der Waals surface area contributed by atoms with Gasteiger partial charge in [-0.2, -0.15) is 0 Å². The van der Waals surface area contributed by atoms with E-state index in [9.17, 15) is 0 Å². The summed E-state index contributed by atoms with van der Waals surface area (Å²) in [4.78, 5) is 2.45. The molecular weight excluding hydrogens is 328 g/mol. The second-order valence-corrected chi connectivity index (χ2v) is 6.16. The Hall–Kier alpha value is -1.01. The SMILES string of the molecule is CCOc1cc(CNCCCN2CCOCC2)cc(Cl)c1OCC. The Bertz CT molecular complexity index is 493. The predicted molar refractivity (Wildman–Crippen MR) is 97.4 cm³/mol.